The molecule has 41 heavy (non-hydrogen) atoms. The van der Waals surface area contributed by atoms with Gasteiger partial charge in [-0.3, -0.25) is 0 Å². The van der Waals surface area contributed by atoms with E-state index in [9.17, 15) is 0 Å². The van der Waals surface area contributed by atoms with Gasteiger partial charge in [-0.05, 0) is 49.3 Å². The van der Waals surface area contributed by atoms with Gasteiger partial charge in [0.2, 0.25) is 0 Å². The molecule has 2 atom stereocenters. The van der Waals surface area contributed by atoms with Gasteiger partial charge >= 0.3 is 0 Å². The van der Waals surface area contributed by atoms with Crippen molar-refractivity contribution in [3.63, 3.8) is 0 Å². The van der Waals surface area contributed by atoms with Crippen LogP contribution in [-0.2, 0) is 0 Å². The van der Waals surface area contributed by atoms with Gasteiger partial charge < -0.3 is 0 Å². The Bertz CT molecular complexity index is 463. The molecule has 0 aliphatic carbocycles. The van der Waals surface area contributed by atoms with Crippen LogP contribution in [0.25, 0.3) is 0 Å². The summed E-state index contributed by atoms with van der Waals surface area (Å²) in [5.74, 6) is 1.00. The molecular weight excluding hydrogens is 511 g/mol. The Morgan fingerprint density at radius 3 is 1.05 bits per heavy atom. The summed E-state index contributed by atoms with van der Waals surface area (Å²) < 4.78 is 0. The van der Waals surface area contributed by atoms with Crippen LogP contribution in [0.4, 0.5) is 0 Å². The van der Waals surface area contributed by atoms with E-state index in [0.717, 1.165) is 5.92 Å². The summed E-state index contributed by atoms with van der Waals surface area (Å²) in [6, 6.07) is 0. The quantitative estimate of drug-likeness (QED) is 0.0505. The van der Waals surface area contributed by atoms with Crippen molar-refractivity contribution in [1.82, 2.24) is 0 Å². The van der Waals surface area contributed by atoms with Crippen molar-refractivity contribution >= 4 is 8.58 Å². The maximum Gasteiger partial charge on any atom is -0.00937 e. The van der Waals surface area contributed by atoms with E-state index in [4.69, 9.17) is 0 Å². The van der Waals surface area contributed by atoms with Crippen LogP contribution in [-0.4, -0.2) is 11.3 Å². The Morgan fingerprint density at radius 1 is 0.341 bits per heavy atom. The Balaban J connectivity index is 4.58. The van der Waals surface area contributed by atoms with Gasteiger partial charge in [0.1, 0.15) is 0 Å². The summed E-state index contributed by atoms with van der Waals surface area (Å²) in [6.45, 7) is 11.9. The van der Waals surface area contributed by atoms with Crippen LogP contribution in [0.2, 0.25) is 0 Å². The maximum absolute atomic E-state index is 2.43. The summed E-state index contributed by atoms with van der Waals surface area (Å²) in [4.78, 5) is 0. The first kappa shape index (κ1) is 41.4. The molecule has 0 amide bonds. The minimum atomic E-state index is 0.679. The molecule has 1 heteroatoms. The van der Waals surface area contributed by atoms with Gasteiger partial charge in [0.25, 0.3) is 0 Å². The summed E-state index contributed by atoms with van der Waals surface area (Å²) in [5.41, 5.74) is 0. The van der Waals surface area contributed by atoms with E-state index in [1.165, 1.54) is 220 Å². The molecule has 0 saturated heterocycles. The van der Waals surface area contributed by atoms with Crippen LogP contribution in [0, 0.1) is 5.92 Å². The van der Waals surface area contributed by atoms with Crippen LogP contribution in [0.1, 0.15) is 240 Å². The number of hydrogen-bond donors (Lipinski definition) is 0. The summed E-state index contributed by atoms with van der Waals surface area (Å²) >= 11 is 0. The molecule has 0 N–H and O–H groups in total. The third-order valence-electron chi connectivity index (χ3n) is 10.1. The third kappa shape index (κ3) is 25.5. The van der Waals surface area contributed by atoms with Crippen molar-refractivity contribution < 1.29 is 0 Å². The summed E-state index contributed by atoms with van der Waals surface area (Å²) in [6.07, 6.45) is 48.6. The van der Waals surface area contributed by atoms with Crippen LogP contribution >= 0.6 is 8.58 Å². The smallest absolute Gasteiger partial charge is 0.00937 e. The molecule has 0 saturated carbocycles. The Labute approximate surface area is 265 Å². The van der Waals surface area contributed by atoms with E-state index in [0.29, 0.717) is 5.16 Å². The average molecular weight is 595 g/mol. The third-order valence-corrected chi connectivity index (χ3v) is 12.3. The second-order valence-electron chi connectivity index (χ2n) is 14.0. The SMILES string of the molecule is CCCCCCCCCCCCCCCCC(CCCC)C(CCCC)(CCCC)PCCCCCCCCCC. The van der Waals surface area contributed by atoms with E-state index >= 15 is 0 Å². The number of rotatable bonds is 35. The van der Waals surface area contributed by atoms with Gasteiger partial charge in [0.05, 0.1) is 0 Å². The molecule has 0 aromatic rings. The highest BCUT2D eigenvalue weighted by molar-refractivity contribution is 7.40. The molecule has 0 rings (SSSR count). The molecule has 0 spiro atoms. The fourth-order valence-corrected chi connectivity index (χ4v) is 9.38. The molecule has 248 valence electrons. The predicted octanol–water partition coefficient (Wildman–Crippen LogP) is 15.6. The average Bonchev–Trinajstić information content (AvgIpc) is 2.99. The van der Waals surface area contributed by atoms with Crippen molar-refractivity contribution in [3.8, 4) is 0 Å². The zero-order valence-electron chi connectivity index (χ0n) is 29.9. The Morgan fingerprint density at radius 2 is 0.659 bits per heavy atom. The second kappa shape index (κ2) is 33.3. The molecule has 0 aromatic heterocycles. The number of hydrogen-bond acceptors (Lipinski definition) is 0. The predicted molar refractivity (Wildman–Crippen MR) is 196 cm³/mol. The lowest BCUT2D eigenvalue weighted by Crippen LogP contribution is -2.34. The zero-order valence-corrected chi connectivity index (χ0v) is 30.9. The van der Waals surface area contributed by atoms with E-state index < -0.39 is 0 Å². The highest BCUT2D eigenvalue weighted by Crippen LogP contribution is 2.50. The zero-order chi connectivity index (χ0) is 30.1. The number of unbranched alkanes of at least 4 members (excludes halogenated alkanes) is 23. The standard InChI is InChI=1S/C40H83P/c1-6-11-16-18-20-22-23-24-25-26-27-28-30-32-35-39(34-13-8-3)40(36-14-9-4,37-15-10-5)41-38-33-31-29-21-19-17-12-7-2/h39,41H,6-38H2,1-5H3. The first-order valence-electron chi connectivity index (χ1n) is 20.0. The molecule has 0 radical (unpaired) electrons. The van der Waals surface area contributed by atoms with Crippen LogP contribution in [0.15, 0.2) is 0 Å². The fraction of sp³-hybridized carbons (Fsp3) is 1.00. The lowest BCUT2D eigenvalue weighted by Gasteiger charge is -2.42. The van der Waals surface area contributed by atoms with E-state index in [2.05, 4.69) is 34.6 Å². The second-order valence-corrected chi connectivity index (χ2v) is 15.8. The van der Waals surface area contributed by atoms with Gasteiger partial charge in [-0.1, -0.05) is 208 Å². The summed E-state index contributed by atoms with van der Waals surface area (Å²) in [7, 11) is 1.23. The van der Waals surface area contributed by atoms with Crippen molar-refractivity contribution in [2.24, 2.45) is 5.92 Å². The first-order chi connectivity index (χ1) is 20.2. The van der Waals surface area contributed by atoms with Crippen molar-refractivity contribution in [3.05, 3.63) is 0 Å². The minimum Gasteiger partial charge on any atom is -0.115 e. The van der Waals surface area contributed by atoms with Gasteiger partial charge in [-0.15, -0.1) is 8.58 Å². The molecule has 0 aliphatic rings. The van der Waals surface area contributed by atoms with E-state index in [1.807, 2.05) is 0 Å². The van der Waals surface area contributed by atoms with Crippen LogP contribution < -0.4 is 0 Å². The lowest BCUT2D eigenvalue weighted by atomic mass is 9.77. The van der Waals surface area contributed by atoms with Crippen molar-refractivity contribution in [1.29, 1.82) is 0 Å². The molecule has 0 bridgehead atoms. The van der Waals surface area contributed by atoms with Gasteiger partial charge in [0.15, 0.2) is 0 Å². The molecule has 0 fully saturated rings. The van der Waals surface area contributed by atoms with Crippen LogP contribution in [0.5, 0.6) is 0 Å². The van der Waals surface area contributed by atoms with E-state index in [-0.39, 0.29) is 0 Å². The van der Waals surface area contributed by atoms with Gasteiger partial charge in [-0.2, -0.15) is 0 Å². The van der Waals surface area contributed by atoms with Crippen LogP contribution in [0.3, 0.4) is 0 Å². The van der Waals surface area contributed by atoms with Gasteiger partial charge in [-0.25, -0.2) is 0 Å². The molecule has 2 unspecified atom stereocenters. The van der Waals surface area contributed by atoms with E-state index in [1.54, 1.807) is 0 Å². The molecular formula is C40H83P. The topological polar surface area (TPSA) is 0 Å². The minimum absolute atomic E-state index is 0.679. The summed E-state index contributed by atoms with van der Waals surface area (Å²) in [5, 5.41) is 0.679. The van der Waals surface area contributed by atoms with Crippen molar-refractivity contribution in [2.45, 2.75) is 245 Å². The molecule has 0 nitrogen and oxygen atoms in total. The molecule has 0 aliphatic heterocycles. The molecule has 0 heterocycles. The normalized spacial score (nSPS) is 13.1. The highest BCUT2D eigenvalue weighted by Gasteiger charge is 2.36. The highest BCUT2D eigenvalue weighted by atomic mass is 31.1. The Kier molecular flexibility index (Phi) is 33.7. The van der Waals surface area contributed by atoms with Crippen molar-refractivity contribution in [2.75, 3.05) is 6.16 Å². The monoisotopic (exact) mass is 595 g/mol. The Hall–Kier alpha value is 0.430. The molecule has 0 aromatic carbocycles. The lowest BCUT2D eigenvalue weighted by molar-refractivity contribution is 0.271. The fourth-order valence-electron chi connectivity index (χ4n) is 7.17. The first-order valence-corrected chi connectivity index (χ1v) is 21.2. The van der Waals surface area contributed by atoms with Gasteiger partial charge in [0, 0.05) is 0 Å². The largest absolute Gasteiger partial charge is 0.115 e. The maximum atomic E-state index is 2.43.